The van der Waals surface area contributed by atoms with E-state index in [0.29, 0.717) is 17.5 Å². The van der Waals surface area contributed by atoms with Gasteiger partial charge in [-0.25, -0.2) is 24.6 Å². The molecule has 3 aromatic rings. The van der Waals surface area contributed by atoms with Crippen LogP contribution in [0.15, 0.2) is 49.2 Å². The quantitative estimate of drug-likeness (QED) is 0.652. The van der Waals surface area contributed by atoms with E-state index in [1.165, 1.54) is 0 Å². The lowest BCUT2D eigenvalue weighted by molar-refractivity contribution is 0.839. The fourth-order valence-electron chi connectivity index (χ4n) is 1.40. The first-order valence-corrected chi connectivity index (χ1v) is 5.04. The summed E-state index contributed by atoms with van der Waals surface area (Å²) in [5.41, 5.74) is 0. The minimum absolute atomic E-state index is 0.485. The van der Waals surface area contributed by atoms with Crippen molar-refractivity contribution in [1.29, 1.82) is 0 Å². The highest BCUT2D eigenvalue weighted by Crippen LogP contribution is 2.09. The van der Waals surface area contributed by atoms with E-state index < -0.39 is 0 Å². The Morgan fingerprint density at radius 2 is 1.65 bits per heavy atom. The van der Waals surface area contributed by atoms with Gasteiger partial charge in [-0.15, -0.1) is 0 Å². The molecule has 6 nitrogen and oxygen atoms in total. The topological polar surface area (TPSA) is 69.4 Å². The molecule has 0 amide bonds. The van der Waals surface area contributed by atoms with Gasteiger partial charge in [0.05, 0.1) is 0 Å². The minimum Gasteiger partial charge on any atom is -0.234 e. The van der Waals surface area contributed by atoms with Gasteiger partial charge in [-0.05, 0) is 12.1 Å². The molecule has 0 fully saturated rings. The van der Waals surface area contributed by atoms with E-state index in [2.05, 4.69) is 25.0 Å². The fourth-order valence-corrected chi connectivity index (χ4v) is 1.40. The van der Waals surface area contributed by atoms with Crippen LogP contribution in [-0.4, -0.2) is 29.7 Å². The smallest absolute Gasteiger partial charge is 0.199 e. The molecule has 3 aromatic heterocycles. The minimum atomic E-state index is 0.485. The first kappa shape index (κ1) is 9.59. The summed E-state index contributed by atoms with van der Waals surface area (Å²) in [6.07, 6.45) is 8.49. The molecule has 0 atom stereocenters. The zero-order chi connectivity index (χ0) is 11.5. The Bertz CT molecular complexity index is 605. The van der Waals surface area contributed by atoms with Gasteiger partial charge in [0.15, 0.2) is 17.5 Å². The third kappa shape index (κ3) is 1.87. The second kappa shape index (κ2) is 4.09. The number of aromatic nitrogens is 6. The van der Waals surface area contributed by atoms with Gasteiger partial charge >= 0.3 is 0 Å². The SMILES string of the molecule is c1cnc(-c2nccc(-n3cccn3)n2)nc1. The molecule has 0 spiro atoms. The van der Waals surface area contributed by atoms with Crippen molar-refractivity contribution in [3.05, 3.63) is 49.2 Å². The summed E-state index contributed by atoms with van der Waals surface area (Å²) in [6, 6.07) is 5.36. The van der Waals surface area contributed by atoms with Crippen molar-refractivity contribution >= 4 is 0 Å². The molecular formula is C11H8N6. The maximum Gasteiger partial charge on any atom is 0.199 e. The molecule has 0 aromatic carbocycles. The van der Waals surface area contributed by atoms with Crippen LogP contribution in [0, 0.1) is 0 Å². The highest BCUT2D eigenvalue weighted by atomic mass is 15.3. The summed E-state index contributed by atoms with van der Waals surface area (Å²) in [5, 5.41) is 4.11. The molecular weight excluding hydrogens is 216 g/mol. The van der Waals surface area contributed by atoms with E-state index in [9.17, 15) is 0 Å². The number of hydrogen-bond acceptors (Lipinski definition) is 5. The van der Waals surface area contributed by atoms with Gasteiger partial charge in [-0.3, -0.25) is 0 Å². The Labute approximate surface area is 97.0 Å². The molecule has 0 aliphatic heterocycles. The summed E-state index contributed by atoms with van der Waals surface area (Å²) in [4.78, 5) is 16.7. The first-order valence-electron chi connectivity index (χ1n) is 5.04. The molecule has 0 bridgehead atoms. The second-order valence-electron chi connectivity index (χ2n) is 3.26. The molecule has 0 saturated heterocycles. The lowest BCUT2D eigenvalue weighted by Gasteiger charge is -2.01. The fraction of sp³-hybridized carbons (Fsp3) is 0. The summed E-state index contributed by atoms with van der Waals surface area (Å²) >= 11 is 0. The Morgan fingerprint density at radius 3 is 2.41 bits per heavy atom. The van der Waals surface area contributed by atoms with Crippen molar-refractivity contribution in [2.24, 2.45) is 0 Å². The standard InChI is InChI=1S/C11H8N6/c1-4-12-10(13-5-1)11-14-7-3-9(16-11)17-8-2-6-15-17/h1-8H. The third-order valence-electron chi connectivity index (χ3n) is 2.15. The van der Waals surface area contributed by atoms with Crippen molar-refractivity contribution in [2.45, 2.75) is 0 Å². The van der Waals surface area contributed by atoms with E-state index in [-0.39, 0.29) is 0 Å². The zero-order valence-electron chi connectivity index (χ0n) is 8.80. The molecule has 17 heavy (non-hydrogen) atoms. The van der Waals surface area contributed by atoms with Gasteiger partial charge in [0.2, 0.25) is 0 Å². The van der Waals surface area contributed by atoms with Crippen molar-refractivity contribution in [3.63, 3.8) is 0 Å². The predicted octanol–water partition coefficient (Wildman–Crippen LogP) is 1.12. The van der Waals surface area contributed by atoms with Gasteiger partial charge in [-0.2, -0.15) is 5.10 Å². The monoisotopic (exact) mass is 224 g/mol. The van der Waals surface area contributed by atoms with Crippen molar-refractivity contribution in [3.8, 4) is 17.5 Å². The normalized spacial score (nSPS) is 10.4. The summed E-state index contributed by atoms with van der Waals surface area (Å²) in [7, 11) is 0. The van der Waals surface area contributed by atoms with E-state index in [0.717, 1.165) is 0 Å². The molecule has 0 aliphatic rings. The largest absolute Gasteiger partial charge is 0.234 e. The Kier molecular flexibility index (Phi) is 2.31. The summed E-state index contributed by atoms with van der Waals surface area (Å²) < 4.78 is 1.66. The first-order chi connectivity index (χ1) is 8.43. The number of hydrogen-bond donors (Lipinski definition) is 0. The van der Waals surface area contributed by atoms with Crippen LogP contribution in [0.3, 0.4) is 0 Å². The maximum atomic E-state index is 4.35. The lowest BCUT2D eigenvalue weighted by Crippen LogP contribution is -2.01. The molecule has 82 valence electrons. The van der Waals surface area contributed by atoms with Crippen LogP contribution in [0.5, 0.6) is 0 Å². The lowest BCUT2D eigenvalue weighted by atomic mass is 10.5. The van der Waals surface area contributed by atoms with Crippen LogP contribution in [0.2, 0.25) is 0 Å². The van der Waals surface area contributed by atoms with Crippen molar-refractivity contribution < 1.29 is 0 Å². The Hall–Kier alpha value is -2.63. The molecule has 0 aliphatic carbocycles. The predicted molar refractivity (Wildman–Crippen MR) is 60.2 cm³/mol. The summed E-state index contributed by atoms with van der Waals surface area (Å²) in [6.45, 7) is 0. The zero-order valence-corrected chi connectivity index (χ0v) is 8.80. The van der Waals surface area contributed by atoms with Crippen molar-refractivity contribution in [2.75, 3.05) is 0 Å². The molecule has 0 unspecified atom stereocenters. The second-order valence-corrected chi connectivity index (χ2v) is 3.26. The average molecular weight is 224 g/mol. The van der Waals surface area contributed by atoms with Crippen LogP contribution in [0.4, 0.5) is 0 Å². The van der Waals surface area contributed by atoms with Gasteiger partial charge in [0.25, 0.3) is 0 Å². The maximum absolute atomic E-state index is 4.35. The average Bonchev–Trinajstić information content (AvgIpc) is 2.94. The number of rotatable bonds is 2. The van der Waals surface area contributed by atoms with Crippen LogP contribution < -0.4 is 0 Å². The molecule has 0 N–H and O–H groups in total. The number of nitrogens with zero attached hydrogens (tertiary/aromatic N) is 6. The molecule has 0 radical (unpaired) electrons. The molecule has 0 saturated carbocycles. The van der Waals surface area contributed by atoms with E-state index in [1.807, 2.05) is 12.3 Å². The van der Waals surface area contributed by atoms with E-state index in [1.54, 1.807) is 41.6 Å². The van der Waals surface area contributed by atoms with Crippen LogP contribution >= 0.6 is 0 Å². The third-order valence-corrected chi connectivity index (χ3v) is 2.15. The highest BCUT2D eigenvalue weighted by Gasteiger charge is 2.05. The van der Waals surface area contributed by atoms with Crippen LogP contribution in [0.25, 0.3) is 17.5 Å². The molecule has 3 rings (SSSR count). The van der Waals surface area contributed by atoms with Crippen LogP contribution in [0.1, 0.15) is 0 Å². The molecule has 3 heterocycles. The van der Waals surface area contributed by atoms with E-state index in [4.69, 9.17) is 0 Å². The Morgan fingerprint density at radius 1 is 0.824 bits per heavy atom. The van der Waals surface area contributed by atoms with Gasteiger partial charge in [0.1, 0.15) is 0 Å². The summed E-state index contributed by atoms with van der Waals surface area (Å²) in [5.74, 6) is 1.67. The van der Waals surface area contributed by atoms with E-state index >= 15 is 0 Å². The van der Waals surface area contributed by atoms with Crippen LogP contribution in [-0.2, 0) is 0 Å². The van der Waals surface area contributed by atoms with Gasteiger partial charge < -0.3 is 0 Å². The Balaban J connectivity index is 2.06. The highest BCUT2D eigenvalue weighted by molar-refractivity contribution is 5.43. The van der Waals surface area contributed by atoms with Crippen molar-refractivity contribution in [1.82, 2.24) is 29.7 Å². The van der Waals surface area contributed by atoms with Gasteiger partial charge in [-0.1, -0.05) is 0 Å². The van der Waals surface area contributed by atoms with Gasteiger partial charge in [0, 0.05) is 37.1 Å². The molecule has 6 heteroatoms.